The SMILES string of the molecule is CN(C)CCCC1(c2ccc(F)cc2)OCc2cc(-n3ccc4ccc(Cl)cc43)ccc21. The molecule has 3 nitrogen and oxygen atoms in total. The zero-order valence-electron chi connectivity index (χ0n) is 18.3. The Hall–Kier alpha value is -2.66. The van der Waals surface area contributed by atoms with Crippen molar-refractivity contribution in [1.29, 1.82) is 0 Å². The van der Waals surface area contributed by atoms with Crippen molar-refractivity contribution >= 4 is 22.5 Å². The molecule has 3 aromatic carbocycles. The lowest BCUT2D eigenvalue weighted by atomic mass is 9.82. The van der Waals surface area contributed by atoms with Crippen LogP contribution in [0.25, 0.3) is 16.6 Å². The first kappa shape index (κ1) is 21.2. The Morgan fingerprint density at radius 1 is 1.03 bits per heavy atom. The zero-order valence-corrected chi connectivity index (χ0v) is 19.1. The molecule has 0 N–H and O–H groups in total. The summed E-state index contributed by atoms with van der Waals surface area (Å²) in [4.78, 5) is 2.18. The third kappa shape index (κ3) is 3.73. The first-order chi connectivity index (χ1) is 15.5. The van der Waals surface area contributed by atoms with Crippen molar-refractivity contribution in [2.24, 2.45) is 0 Å². The van der Waals surface area contributed by atoms with Crippen LogP contribution >= 0.6 is 11.6 Å². The zero-order chi connectivity index (χ0) is 22.3. The highest BCUT2D eigenvalue weighted by Gasteiger charge is 2.41. The molecule has 1 aliphatic rings. The largest absolute Gasteiger partial charge is 0.361 e. The fraction of sp³-hybridized carbons (Fsp3) is 0.259. The molecule has 1 atom stereocenters. The van der Waals surface area contributed by atoms with Gasteiger partial charge in [0, 0.05) is 22.3 Å². The van der Waals surface area contributed by atoms with Crippen molar-refractivity contribution in [3.63, 3.8) is 0 Å². The van der Waals surface area contributed by atoms with E-state index in [2.05, 4.69) is 54.0 Å². The van der Waals surface area contributed by atoms with Gasteiger partial charge in [0.2, 0.25) is 0 Å². The molecule has 4 aromatic rings. The van der Waals surface area contributed by atoms with E-state index >= 15 is 0 Å². The van der Waals surface area contributed by atoms with E-state index in [9.17, 15) is 4.39 Å². The van der Waals surface area contributed by atoms with Crippen molar-refractivity contribution < 1.29 is 9.13 Å². The van der Waals surface area contributed by atoms with Crippen LogP contribution in [0.5, 0.6) is 0 Å². The van der Waals surface area contributed by atoms with E-state index in [0.717, 1.165) is 46.6 Å². The minimum Gasteiger partial charge on any atom is -0.361 e. The van der Waals surface area contributed by atoms with Gasteiger partial charge in [0.1, 0.15) is 11.4 Å². The maximum absolute atomic E-state index is 13.7. The number of aromatic nitrogens is 1. The van der Waals surface area contributed by atoms with Crippen LogP contribution in [0.1, 0.15) is 29.5 Å². The van der Waals surface area contributed by atoms with Gasteiger partial charge in [-0.3, -0.25) is 0 Å². The van der Waals surface area contributed by atoms with Gasteiger partial charge in [0.15, 0.2) is 0 Å². The molecular formula is C27H26ClFN2O. The molecule has 0 saturated heterocycles. The Kier molecular flexibility index (Phi) is 5.54. The van der Waals surface area contributed by atoms with Gasteiger partial charge in [-0.2, -0.15) is 0 Å². The third-order valence-corrected chi connectivity index (χ3v) is 6.61. The summed E-state index contributed by atoms with van der Waals surface area (Å²) < 4.78 is 22.3. The summed E-state index contributed by atoms with van der Waals surface area (Å²) in [5.74, 6) is -0.232. The molecule has 1 aromatic heterocycles. The van der Waals surface area contributed by atoms with Crippen molar-refractivity contribution in [1.82, 2.24) is 9.47 Å². The van der Waals surface area contributed by atoms with Gasteiger partial charge in [-0.05, 0) is 92.6 Å². The van der Waals surface area contributed by atoms with Crippen molar-refractivity contribution in [3.8, 4) is 5.69 Å². The van der Waals surface area contributed by atoms with E-state index < -0.39 is 5.60 Å². The van der Waals surface area contributed by atoms with Gasteiger partial charge < -0.3 is 14.2 Å². The molecule has 0 radical (unpaired) electrons. The molecule has 0 amide bonds. The fourth-order valence-corrected chi connectivity index (χ4v) is 4.97. The highest BCUT2D eigenvalue weighted by atomic mass is 35.5. The number of ether oxygens (including phenoxy) is 1. The second kappa shape index (κ2) is 8.36. The minimum absolute atomic E-state index is 0.232. The number of halogens is 2. The molecule has 32 heavy (non-hydrogen) atoms. The lowest BCUT2D eigenvalue weighted by molar-refractivity contribution is -0.0140. The second-order valence-electron chi connectivity index (χ2n) is 8.76. The standard InChI is InChI=1S/C27H26ClFN2O/c1-30(2)14-3-13-27(21-5-8-23(29)9-6-21)25-11-10-24(16-20(25)18-32-27)31-15-12-19-4-7-22(28)17-26(19)31/h4-12,15-17H,3,13-14,18H2,1-2H3. The van der Waals surface area contributed by atoms with Crippen LogP contribution in [-0.4, -0.2) is 30.1 Å². The summed E-state index contributed by atoms with van der Waals surface area (Å²) in [6.07, 6.45) is 3.89. The van der Waals surface area contributed by atoms with Gasteiger partial charge in [0.25, 0.3) is 0 Å². The van der Waals surface area contributed by atoms with Crippen molar-refractivity contribution in [3.05, 3.63) is 100 Å². The Balaban J connectivity index is 1.57. The van der Waals surface area contributed by atoms with E-state index in [1.807, 2.05) is 30.3 Å². The predicted molar refractivity (Wildman–Crippen MR) is 128 cm³/mol. The lowest BCUT2D eigenvalue weighted by Crippen LogP contribution is -2.28. The smallest absolute Gasteiger partial charge is 0.123 e. The first-order valence-electron chi connectivity index (χ1n) is 10.9. The summed E-state index contributed by atoms with van der Waals surface area (Å²) in [6.45, 7) is 1.50. The summed E-state index contributed by atoms with van der Waals surface area (Å²) in [5, 5.41) is 1.87. The van der Waals surface area contributed by atoms with Crippen LogP contribution in [0, 0.1) is 5.82 Å². The van der Waals surface area contributed by atoms with Gasteiger partial charge in [-0.1, -0.05) is 35.9 Å². The van der Waals surface area contributed by atoms with Crippen LogP contribution in [0.15, 0.2) is 72.9 Å². The number of fused-ring (bicyclic) bond motifs is 2. The van der Waals surface area contributed by atoms with Crippen LogP contribution in [0.4, 0.5) is 4.39 Å². The maximum atomic E-state index is 13.7. The summed E-state index contributed by atoms with van der Waals surface area (Å²) >= 11 is 6.25. The van der Waals surface area contributed by atoms with Crippen LogP contribution < -0.4 is 0 Å². The molecule has 1 unspecified atom stereocenters. The highest BCUT2D eigenvalue weighted by Crippen LogP contribution is 2.46. The van der Waals surface area contributed by atoms with Crippen molar-refractivity contribution in [2.75, 3.05) is 20.6 Å². The first-order valence-corrected chi connectivity index (χ1v) is 11.3. The number of nitrogens with zero attached hydrogens (tertiary/aromatic N) is 2. The van der Waals surface area contributed by atoms with E-state index in [-0.39, 0.29) is 5.82 Å². The molecule has 5 heteroatoms. The quantitative estimate of drug-likeness (QED) is 0.333. The molecule has 2 heterocycles. The van der Waals surface area contributed by atoms with Crippen LogP contribution in [0.3, 0.4) is 0 Å². The highest BCUT2D eigenvalue weighted by molar-refractivity contribution is 6.31. The molecule has 0 bridgehead atoms. The van der Waals surface area contributed by atoms with E-state index in [4.69, 9.17) is 16.3 Å². The Morgan fingerprint density at radius 2 is 1.84 bits per heavy atom. The predicted octanol–water partition coefficient (Wildman–Crippen LogP) is 6.54. The minimum atomic E-state index is -0.556. The number of hydrogen-bond acceptors (Lipinski definition) is 2. The number of hydrogen-bond donors (Lipinski definition) is 0. The van der Waals surface area contributed by atoms with E-state index in [1.165, 1.54) is 23.3 Å². The normalized spacial score (nSPS) is 17.9. The lowest BCUT2D eigenvalue weighted by Gasteiger charge is -2.31. The average Bonchev–Trinajstić information content (AvgIpc) is 3.35. The molecule has 5 rings (SSSR count). The Morgan fingerprint density at radius 3 is 2.62 bits per heavy atom. The molecular weight excluding hydrogens is 423 g/mol. The molecule has 1 aliphatic heterocycles. The third-order valence-electron chi connectivity index (χ3n) is 6.38. The summed E-state index contributed by atoms with van der Waals surface area (Å²) in [6, 6.07) is 21.3. The van der Waals surface area contributed by atoms with Gasteiger partial charge in [0.05, 0.1) is 12.1 Å². The summed E-state index contributed by atoms with van der Waals surface area (Å²) in [7, 11) is 4.15. The summed E-state index contributed by atoms with van der Waals surface area (Å²) in [5.41, 5.74) is 4.93. The van der Waals surface area contributed by atoms with Crippen LogP contribution in [0.2, 0.25) is 5.02 Å². The van der Waals surface area contributed by atoms with E-state index in [1.54, 1.807) is 0 Å². The fourth-order valence-electron chi connectivity index (χ4n) is 4.80. The number of rotatable bonds is 6. The molecule has 0 saturated carbocycles. The van der Waals surface area contributed by atoms with Crippen LogP contribution in [-0.2, 0) is 16.9 Å². The van der Waals surface area contributed by atoms with Gasteiger partial charge in [-0.15, -0.1) is 0 Å². The maximum Gasteiger partial charge on any atom is 0.123 e. The number of benzene rings is 3. The monoisotopic (exact) mass is 448 g/mol. The van der Waals surface area contributed by atoms with Gasteiger partial charge >= 0.3 is 0 Å². The Labute approximate surface area is 193 Å². The molecule has 164 valence electrons. The average molecular weight is 449 g/mol. The van der Waals surface area contributed by atoms with Crippen molar-refractivity contribution in [2.45, 2.75) is 25.0 Å². The second-order valence-corrected chi connectivity index (χ2v) is 9.20. The molecule has 0 fully saturated rings. The molecule has 0 spiro atoms. The van der Waals surface area contributed by atoms with Gasteiger partial charge in [-0.25, -0.2) is 4.39 Å². The topological polar surface area (TPSA) is 17.4 Å². The van der Waals surface area contributed by atoms with E-state index in [0.29, 0.717) is 6.61 Å². The Bertz CT molecular complexity index is 1260. The molecule has 0 aliphatic carbocycles.